The molecule has 0 amide bonds. The van der Waals surface area contributed by atoms with Crippen molar-refractivity contribution in [3.8, 4) is 0 Å². The summed E-state index contributed by atoms with van der Waals surface area (Å²) in [7, 11) is 0. The Hall–Kier alpha value is -5.48. The maximum atomic E-state index is 12.0. The van der Waals surface area contributed by atoms with E-state index in [1.54, 1.807) is 36.8 Å². The molecule has 12 rings (SSSR count). The SMILES string of the molecule is C1C[C@H]2CNC[C@@H]1O2.CCOC(=O)c1cnn2ccc(Cl)nc12.CCOC(=O)c1cnn2ccc(N3C[C@H]4CC[C@@H](C3)O4)nc12.O.O=C(O)c1cnn2ccc(N3C[C@H]4CC[C@@H](C3)O4)nc12.[Li+].[OH-]. The van der Waals surface area contributed by atoms with Gasteiger partial charge in [-0.05, 0) is 70.6 Å². The summed E-state index contributed by atoms with van der Waals surface area (Å²) in [4.78, 5) is 52.1. The number of fused-ring (bicyclic) bond motifs is 9. The van der Waals surface area contributed by atoms with Crippen molar-refractivity contribution in [2.24, 2.45) is 0 Å². The number of halogens is 1. The summed E-state index contributed by atoms with van der Waals surface area (Å²) >= 11 is 5.72. The van der Waals surface area contributed by atoms with Crippen LogP contribution in [0.5, 0.6) is 0 Å². The van der Waals surface area contributed by atoms with E-state index in [2.05, 4.69) is 45.4 Å². The number of hydrogen-bond acceptors (Lipinski definition) is 18. The Morgan fingerprint density at radius 2 is 1.00 bits per heavy atom. The van der Waals surface area contributed by atoms with Crippen LogP contribution in [-0.2, 0) is 23.7 Å². The van der Waals surface area contributed by atoms with Gasteiger partial charge < -0.3 is 54.9 Å². The van der Waals surface area contributed by atoms with Gasteiger partial charge in [-0.2, -0.15) is 15.3 Å². The van der Waals surface area contributed by atoms with Gasteiger partial charge in [0.15, 0.2) is 16.9 Å². The average molecular weight is 957 g/mol. The minimum absolute atomic E-state index is 0. The summed E-state index contributed by atoms with van der Waals surface area (Å²) in [6.45, 7) is 9.67. The predicted molar refractivity (Wildman–Crippen MR) is 239 cm³/mol. The van der Waals surface area contributed by atoms with Gasteiger partial charge in [-0.15, -0.1) is 0 Å². The van der Waals surface area contributed by atoms with Crippen LogP contribution in [0.3, 0.4) is 0 Å². The molecule has 6 atom stereocenters. The number of esters is 2. The fourth-order valence-electron chi connectivity index (χ4n) is 8.86. The Morgan fingerprint density at radius 1 is 0.632 bits per heavy atom. The number of rotatable bonds is 7. The first-order valence-electron chi connectivity index (χ1n) is 22.1. The maximum absolute atomic E-state index is 12.0. The summed E-state index contributed by atoms with van der Waals surface area (Å²) in [5.74, 6) is -0.183. The number of carbonyl (C=O) groups excluding carboxylic acids is 2. The van der Waals surface area contributed by atoms with Gasteiger partial charge in [-0.3, -0.25) is 0 Å². The Balaban J connectivity index is 0.000000154. The molecule has 0 unspecified atom stereocenters. The van der Waals surface area contributed by atoms with Gasteiger partial charge in [-0.25, -0.2) is 42.9 Å². The van der Waals surface area contributed by atoms with Gasteiger partial charge in [0.2, 0.25) is 0 Å². The standard InChI is InChI=1S/C15H18N4O3.C13H14N4O3.C9H8ClN3O2.C6H11NO.Li.2H2O/c1-2-21-15(20)12-7-16-19-6-5-13(17-14(12)19)18-8-10-3-4-11(9-18)22-10;18-13(19)10-5-14-17-4-3-11(15-12(10)17)16-6-8-1-2-9(7-16)20-8;1-2-15-9(14)6-5-11-13-4-3-7(10)12-8(6)13;1-2-6-4-7-3-5(1)8-6;;;/h5-7,10-11H,2-4,8-9H2,1H3;3-5,8-9H,1-2,6-7H2,(H,18,19);3-5H,2H2,1H3;5-7H,1-4H2;;2*1H2/q;;;;+1;;/p-1/t10-,11+;8-,9+;;5-,6+;;;. The van der Waals surface area contributed by atoms with E-state index in [-0.39, 0.29) is 53.6 Å². The molecule has 68 heavy (non-hydrogen) atoms. The molecule has 0 spiro atoms. The van der Waals surface area contributed by atoms with Crippen LogP contribution in [-0.4, -0.2) is 167 Å². The van der Waals surface area contributed by atoms with Crippen molar-refractivity contribution in [2.75, 3.05) is 62.3 Å². The zero-order valence-corrected chi connectivity index (χ0v) is 38.8. The molecule has 6 saturated heterocycles. The summed E-state index contributed by atoms with van der Waals surface area (Å²) in [5.41, 5.74) is 2.17. The molecule has 6 aromatic heterocycles. The molecule has 6 aliphatic rings. The minimum atomic E-state index is -1.01. The van der Waals surface area contributed by atoms with Crippen LogP contribution >= 0.6 is 11.6 Å². The van der Waals surface area contributed by atoms with Crippen LogP contribution in [0.25, 0.3) is 16.9 Å². The molecule has 6 aromatic rings. The molecule has 5 N–H and O–H groups in total. The number of carboxylic acid groups (broad SMARTS) is 1. The third-order valence-electron chi connectivity index (χ3n) is 11.9. The van der Waals surface area contributed by atoms with Gasteiger partial charge in [0.25, 0.3) is 0 Å². The molecule has 23 nitrogen and oxygen atoms in total. The Bertz CT molecular complexity index is 2630. The quantitative estimate of drug-likeness (QED) is 0.119. The van der Waals surface area contributed by atoms with Crippen molar-refractivity contribution >= 4 is 58.1 Å². The van der Waals surface area contributed by atoms with E-state index < -0.39 is 11.9 Å². The molecule has 0 aliphatic carbocycles. The van der Waals surface area contributed by atoms with Crippen LogP contribution in [0.4, 0.5) is 11.6 Å². The van der Waals surface area contributed by atoms with Gasteiger partial charge in [-0.1, -0.05) is 11.6 Å². The molecular weight excluding hydrogens is 903 g/mol. The van der Waals surface area contributed by atoms with E-state index in [0.29, 0.717) is 70.9 Å². The van der Waals surface area contributed by atoms with Gasteiger partial charge in [0, 0.05) is 57.9 Å². The monoisotopic (exact) mass is 956 g/mol. The number of ether oxygens (including phenoxy) is 5. The van der Waals surface area contributed by atoms with Crippen molar-refractivity contribution < 1.29 is 73.0 Å². The van der Waals surface area contributed by atoms with Crippen molar-refractivity contribution in [1.29, 1.82) is 0 Å². The summed E-state index contributed by atoms with van der Waals surface area (Å²) in [6.07, 6.45) is 18.7. The number of morpholine rings is 3. The molecular formula is C43H54ClLiN12O11. The summed E-state index contributed by atoms with van der Waals surface area (Å²) in [6, 6.07) is 5.40. The third-order valence-corrected chi connectivity index (χ3v) is 12.2. The number of carboxylic acids is 1. The smallest absolute Gasteiger partial charge is 0.870 e. The normalized spacial score (nSPS) is 22.8. The van der Waals surface area contributed by atoms with Crippen molar-refractivity contribution in [2.45, 2.75) is 89.0 Å². The van der Waals surface area contributed by atoms with Crippen molar-refractivity contribution in [3.63, 3.8) is 0 Å². The van der Waals surface area contributed by atoms with E-state index in [0.717, 1.165) is 76.6 Å². The Labute approximate surface area is 407 Å². The van der Waals surface area contributed by atoms with Crippen molar-refractivity contribution in [3.05, 3.63) is 77.2 Å². The first-order valence-corrected chi connectivity index (χ1v) is 22.4. The Morgan fingerprint density at radius 3 is 1.41 bits per heavy atom. The second-order valence-corrected chi connectivity index (χ2v) is 16.8. The molecule has 0 aromatic carbocycles. The fraction of sp³-hybridized carbons (Fsp3) is 0.512. The molecule has 6 aliphatic heterocycles. The number of nitrogens with one attached hydrogen (secondary N) is 1. The van der Waals surface area contributed by atoms with E-state index in [9.17, 15) is 14.4 Å². The average Bonchev–Trinajstić information content (AvgIpc) is 4.19. The molecule has 6 bridgehead atoms. The van der Waals surface area contributed by atoms with E-state index in [1.807, 2.05) is 18.3 Å². The number of hydrogen-bond donors (Lipinski definition) is 2. The molecule has 12 heterocycles. The fourth-order valence-corrected chi connectivity index (χ4v) is 9.00. The Kier molecular flexibility index (Phi) is 17.7. The second-order valence-electron chi connectivity index (χ2n) is 16.4. The summed E-state index contributed by atoms with van der Waals surface area (Å²) in [5, 5.41) is 24.9. The number of aromatic carboxylic acids is 1. The van der Waals surface area contributed by atoms with Crippen LogP contribution in [0.2, 0.25) is 5.15 Å². The zero-order valence-electron chi connectivity index (χ0n) is 38.0. The number of anilines is 2. The van der Waals surface area contributed by atoms with Gasteiger partial charge in [0.05, 0.1) is 68.4 Å². The van der Waals surface area contributed by atoms with E-state index >= 15 is 0 Å². The van der Waals surface area contributed by atoms with Crippen LogP contribution < -0.4 is 34.0 Å². The topological polar surface area (TPSA) is 288 Å². The maximum Gasteiger partial charge on any atom is 1.00 e. The van der Waals surface area contributed by atoms with E-state index in [4.69, 9.17) is 40.4 Å². The minimum Gasteiger partial charge on any atom is -0.870 e. The molecule has 360 valence electrons. The van der Waals surface area contributed by atoms with Crippen LogP contribution in [0.1, 0.15) is 83.4 Å². The largest absolute Gasteiger partial charge is 1.00 e. The first kappa shape index (κ1) is 51.9. The molecule has 0 saturated carbocycles. The number of carbonyl (C=O) groups is 3. The van der Waals surface area contributed by atoms with Gasteiger partial charge >= 0.3 is 36.8 Å². The molecule has 25 heteroatoms. The van der Waals surface area contributed by atoms with E-state index in [1.165, 1.54) is 40.5 Å². The van der Waals surface area contributed by atoms with Gasteiger partial charge in [0.1, 0.15) is 33.5 Å². The zero-order chi connectivity index (χ0) is 45.0. The molecule has 0 radical (unpaired) electrons. The predicted octanol–water partition coefficient (Wildman–Crippen LogP) is -0.232. The van der Waals surface area contributed by atoms with Crippen LogP contribution in [0, 0.1) is 0 Å². The summed E-state index contributed by atoms with van der Waals surface area (Å²) < 4.78 is 31.7. The van der Waals surface area contributed by atoms with Crippen molar-refractivity contribution in [1.82, 2.24) is 49.1 Å². The third kappa shape index (κ3) is 11.7. The first-order chi connectivity index (χ1) is 31.6. The second kappa shape index (κ2) is 23.2. The number of aromatic nitrogens is 9. The molecule has 6 fully saturated rings. The van der Waals surface area contributed by atoms with Crippen LogP contribution in [0.15, 0.2) is 55.4 Å². The number of nitrogens with zero attached hydrogens (tertiary/aromatic N) is 11.